The van der Waals surface area contributed by atoms with Crippen LogP contribution in [0.1, 0.15) is 49.8 Å². The predicted molar refractivity (Wildman–Crippen MR) is 206 cm³/mol. The van der Waals surface area contributed by atoms with Gasteiger partial charge in [-0.2, -0.15) is 10.2 Å². The molecule has 8 rings (SSSR count). The first-order valence-corrected chi connectivity index (χ1v) is 17.5. The highest BCUT2D eigenvalue weighted by Crippen LogP contribution is 2.34. The summed E-state index contributed by atoms with van der Waals surface area (Å²) < 4.78 is 14.4. The molecule has 0 saturated carbocycles. The Labute approximate surface area is 311 Å². The Morgan fingerprint density at radius 3 is 1.80 bits per heavy atom. The van der Waals surface area contributed by atoms with Gasteiger partial charge in [0.15, 0.2) is 0 Å². The molecule has 10 nitrogen and oxygen atoms in total. The second-order valence-electron chi connectivity index (χ2n) is 14.0. The second kappa shape index (κ2) is 13.7. The summed E-state index contributed by atoms with van der Waals surface area (Å²) in [6, 6.07) is 23.9. The van der Waals surface area contributed by atoms with Crippen LogP contribution in [-0.4, -0.2) is 51.0 Å². The standard InChI is InChI=1S/C44H36N6O4/c1-29-40(33-15-13-32(14-16-33)38-27-45-49-23-5-7-34(41(38)49)17-20-43(2,3)51)39(54-48-29)19-22-44(4,52)21-18-35-8-6-24-50-42(35)37(26-46-50)31-11-9-30(10-12-31)36-25-47-53-28-36/h5-16,23-28,51-52H,19,22H2,1-4H3. The summed E-state index contributed by atoms with van der Waals surface area (Å²) in [5, 5.41) is 38.8. The molecule has 0 radical (unpaired) electrons. The molecule has 266 valence electrons. The van der Waals surface area contributed by atoms with E-state index < -0.39 is 11.2 Å². The quantitative estimate of drug-likeness (QED) is 0.160. The van der Waals surface area contributed by atoms with Crippen molar-refractivity contribution >= 4 is 11.0 Å². The van der Waals surface area contributed by atoms with Crippen molar-refractivity contribution in [2.24, 2.45) is 0 Å². The number of aryl methyl sites for hydroxylation is 2. The van der Waals surface area contributed by atoms with Crippen molar-refractivity contribution in [3.05, 3.63) is 133 Å². The molecule has 0 aliphatic carbocycles. The van der Waals surface area contributed by atoms with Gasteiger partial charge in [0, 0.05) is 41.1 Å². The summed E-state index contributed by atoms with van der Waals surface area (Å²) in [5.41, 5.74) is 9.18. The maximum Gasteiger partial charge on any atom is 0.144 e. The molecule has 0 bridgehead atoms. The van der Waals surface area contributed by atoms with Crippen molar-refractivity contribution in [1.29, 1.82) is 0 Å². The van der Waals surface area contributed by atoms with Crippen LogP contribution in [0.25, 0.3) is 55.5 Å². The minimum atomic E-state index is -1.32. The number of fused-ring (bicyclic) bond motifs is 2. The van der Waals surface area contributed by atoms with Crippen LogP contribution in [0.3, 0.4) is 0 Å². The van der Waals surface area contributed by atoms with Crippen molar-refractivity contribution in [1.82, 2.24) is 29.5 Å². The first-order valence-electron chi connectivity index (χ1n) is 17.5. The van der Waals surface area contributed by atoms with Crippen LogP contribution in [0.4, 0.5) is 0 Å². The van der Waals surface area contributed by atoms with Gasteiger partial charge in [0.2, 0.25) is 0 Å². The van der Waals surface area contributed by atoms with E-state index in [4.69, 9.17) is 9.05 Å². The molecule has 10 heteroatoms. The van der Waals surface area contributed by atoms with Gasteiger partial charge in [-0.3, -0.25) is 0 Å². The van der Waals surface area contributed by atoms with Crippen LogP contribution < -0.4 is 0 Å². The Kier molecular flexibility index (Phi) is 8.71. The zero-order chi connectivity index (χ0) is 37.5. The van der Waals surface area contributed by atoms with Gasteiger partial charge in [-0.15, -0.1) is 0 Å². The maximum atomic E-state index is 11.5. The third-order valence-corrected chi connectivity index (χ3v) is 9.27. The number of hydrogen-bond acceptors (Lipinski definition) is 8. The van der Waals surface area contributed by atoms with E-state index in [1.165, 1.54) is 0 Å². The smallest absolute Gasteiger partial charge is 0.144 e. The molecule has 1 unspecified atom stereocenters. The highest BCUT2D eigenvalue weighted by Gasteiger charge is 2.23. The molecule has 8 aromatic rings. The molecule has 54 heavy (non-hydrogen) atoms. The lowest BCUT2D eigenvalue weighted by atomic mass is 9.94. The number of pyridine rings is 2. The summed E-state index contributed by atoms with van der Waals surface area (Å²) in [6.45, 7) is 6.96. The fraction of sp³-hybridized carbons (Fsp3) is 0.182. The molecule has 0 aliphatic heterocycles. The monoisotopic (exact) mass is 712 g/mol. The Hall–Kier alpha value is -6.72. The van der Waals surface area contributed by atoms with E-state index in [-0.39, 0.29) is 0 Å². The lowest BCUT2D eigenvalue weighted by molar-refractivity contribution is 0.110. The third kappa shape index (κ3) is 6.92. The van der Waals surface area contributed by atoms with Crippen molar-refractivity contribution < 1.29 is 19.3 Å². The number of aromatic nitrogens is 6. The zero-order valence-corrected chi connectivity index (χ0v) is 30.2. The Morgan fingerprint density at radius 1 is 0.685 bits per heavy atom. The number of rotatable bonds is 7. The fourth-order valence-electron chi connectivity index (χ4n) is 6.52. The third-order valence-electron chi connectivity index (χ3n) is 9.27. The van der Waals surface area contributed by atoms with Crippen molar-refractivity contribution in [2.45, 2.75) is 51.7 Å². The van der Waals surface area contributed by atoms with Gasteiger partial charge < -0.3 is 19.3 Å². The normalized spacial score (nSPS) is 12.6. The fourth-order valence-corrected chi connectivity index (χ4v) is 6.52. The van der Waals surface area contributed by atoms with E-state index in [9.17, 15) is 10.2 Å². The van der Waals surface area contributed by atoms with E-state index in [2.05, 4.69) is 44.2 Å². The highest BCUT2D eigenvalue weighted by molar-refractivity contribution is 5.86. The zero-order valence-electron chi connectivity index (χ0n) is 30.2. The predicted octanol–water partition coefficient (Wildman–Crippen LogP) is 7.79. The molecule has 2 N–H and O–H groups in total. The summed E-state index contributed by atoms with van der Waals surface area (Å²) in [4.78, 5) is 0. The van der Waals surface area contributed by atoms with E-state index in [1.807, 2.05) is 105 Å². The van der Waals surface area contributed by atoms with Crippen LogP contribution >= 0.6 is 0 Å². The number of nitrogens with zero attached hydrogens (tertiary/aromatic N) is 6. The first kappa shape index (κ1) is 34.4. The van der Waals surface area contributed by atoms with Crippen LogP contribution in [0, 0.1) is 30.6 Å². The van der Waals surface area contributed by atoms with Crippen molar-refractivity contribution in [3.63, 3.8) is 0 Å². The summed E-state index contributed by atoms with van der Waals surface area (Å²) in [5.74, 6) is 13.1. The molecule has 1 atom stereocenters. The minimum absolute atomic E-state index is 0.330. The maximum absolute atomic E-state index is 11.5. The van der Waals surface area contributed by atoms with Crippen molar-refractivity contribution in [3.8, 4) is 68.2 Å². The molecular weight excluding hydrogens is 677 g/mol. The van der Waals surface area contributed by atoms with E-state index >= 15 is 0 Å². The molecule has 0 aliphatic rings. The molecule has 0 saturated heterocycles. The van der Waals surface area contributed by atoms with Gasteiger partial charge in [0.1, 0.15) is 23.2 Å². The largest absolute Gasteiger partial charge is 0.378 e. The number of aliphatic hydroxyl groups is 2. The number of hydrogen-bond donors (Lipinski definition) is 2. The average molecular weight is 713 g/mol. The van der Waals surface area contributed by atoms with Gasteiger partial charge in [0.25, 0.3) is 0 Å². The van der Waals surface area contributed by atoms with Gasteiger partial charge in [-0.25, -0.2) is 9.03 Å². The molecule has 0 spiro atoms. The van der Waals surface area contributed by atoms with E-state index in [1.54, 1.807) is 42.3 Å². The average Bonchev–Trinajstić information content (AvgIpc) is 3.99. The Balaban J connectivity index is 1.02. The van der Waals surface area contributed by atoms with Crippen LogP contribution in [0.2, 0.25) is 0 Å². The van der Waals surface area contributed by atoms with Crippen LogP contribution in [0.5, 0.6) is 0 Å². The Morgan fingerprint density at radius 2 is 1.24 bits per heavy atom. The van der Waals surface area contributed by atoms with Crippen molar-refractivity contribution in [2.75, 3.05) is 0 Å². The first-order chi connectivity index (χ1) is 26.0. The van der Waals surface area contributed by atoms with Gasteiger partial charge in [0.05, 0.1) is 46.4 Å². The number of benzene rings is 2. The highest BCUT2D eigenvalue weighted by atomic mass is 16.5. The Bertz CT molecular complexity index is 2740. The van der Waals surface area contributed by atoms with E-state index in [0.29, 0.717) is 18.6 Å². The molecule has 2 aromatic carbocycles. The lowest BCUT2D eigenvalue weighted by Crippen LogP contribution is -2.22. The molecule has 6 aromatic heterocycles. The molecular formula is C44H36N6O4. The minimum Gasteiger partial charge on any atom is -0.378 e. The summed E-state index contributed by atoms with van der Waals surface area (Å²) >= 11 is 0. The SMILES string of the molecule is Cc1noc(CCC(C)(O)C#Cc2cccn3ncc(-c4ccc(-c5cnoc5)cc4)c23)c1-c1ccc(-c2cnn3cccc(C#CC(C)(C)O)c23)cc1. The van der Waals surface area contributed by atoms with Crippen LogP contribution in [0.15, 0.2) is 119 Å². The van der Waals surface area contributed by atoms with Gasteiger partial charge in [-0.05, 0) is 80.6 Å². The van der Waals surface area contributed by atoms with Gasteiger partial charge >= 0.3 is 0 Å². The molecule has 0 amide bonds. The van der Waals surface area contributed by atoms with E-state index in [0.717, 1.165) is 72.4 Å². The molecule has 6 heterocycles. The topological polar surface area (TPSA) is 127 Å². The van der Waals surface area contributed by atoms with Crippen LogP contribution in [-0.2, 0) is 6.42 Å². The molecule has 0 fully saturated rings. The lowest BCUT2D eigenvalue weighted by Gasteiger charge is -2.15. The summed E-state index contributed by atoms with van der Waals surface area (Å²) in [6.07, 6.45) is 11.5. The summed E-state index contributed by atoms with van der Waals surface area (Å²) in [7, 11) is 0. The van der Waals surface area contributed by atoms with Gasteiger partial charge in [-0.1, -0.05) is 82.5 Å². The second-order valence-corrected chi connectivity index (χ2v) is 14.0.